The number of piperidine rings is 1. The summed E-state index contributed by atoms with van der Waals surface area (Å²) >= 11 is 0. The normalized spacial score (nSPS) is 23.7. The van der Waals surface area contributed by atoms with Gasteiger partial charge >= 0.3 is 0 Å². The van der Waals surface area contributed by atoms with Crippen LogP contribution in [0, 0.1) is 5.92 Å². The molecule has 2 aliphatic rings. The number of carbonyl (C=O) groups excluding carboxylic acids is 2. The summed E-state index contributed by atoms with van der Waals surface area (Å²) in [6, 6.07) is 9.41. The maximum absolute atomic E-state index is 12.7. The molecule has 1 unspecified atom stereocenters. The lowest BCUT2D eigenvalue weighted by Crippen LogP contribution is -2.58. The van der Waals surface area contributed by atoms with Crippen molar-refractivity contribution in [3.05, 3.63) is 35.9 Å². The molecule has 0 saturated carbocycles. The van der Waals surface area contributed by atoms with Gasteiger partial charge in [-0.25, -0.2) is 0 Å². The summed E-state index contributed by atoms with van der Waals surface area (Å²) in [6.07, 6.45) is 1.53. The molecule has 2 aliphatic heterocycles. The standard InChI is InChI=1S/C18H25N3O2/c1-20-12-9-19-13-16(20)18(23)21-10-7-15(8-11-21)17(22)14-5-3-2-4-6-14/h2-6,15-16,19H,7-13H2,1H3. The quantitative estimate of drug-likeness (QED) is 0.846. The third-order valence-corrected chi connectivity index (χ3v) is 5.03. The molecule has 5 nitrogen and oxygen atoms in total. The van der Waals surface area contributed by atoms with E-state index in [1.807, 2.05) is 42.3 Å². The average Bonchev–Trinajstić information content (AvgIpc) is 2.62. The number of nitrogens with one attached hydrogen (secondary N) is 1. The third kappa shape index (κ3) is 3.62. The topological polar surface area (TPSA) is 52.7 Å². The first-order valence-electron chi connectivity index (χ1n) is 8.46. The molecule has 1 N–H and O–H groups in total. The highest BCUT2D eigenvalue weighted by atomic mass is 16.2. The number of piperazine rings is 1. The first-order valence-corrected chi connectivity index (χ1v) is 8.46. The average molecular weight is 315 g/mol. The Hall–Kier alpha value is -1.72. The summed E-state index contributed by atoms with van der Waals surface area (Å²) in [6.45, 7) is 3.93. The van der Waals surface area contributed by atoms with Crippen LogP contribution < -0.4 is 5.32 Å². The van der Waals surface area contributed by atoms with Gasteiger partial charge in [0.2, 0.25) is 5.91 Å². The Morgan fingerprint density at radius 1 is 1.09 bits per heavy atom. The number of likely N-dealkylation sites (tertiary alicyclic amines) is 1. The Morgan fingerprint density at radius 2 is 1.78 bits per heavy atom. The molecular formula is C18H25N3O2. The fourth-order valence-electron chi connectivity index (χ4n) is 3.49. The molecule has 3 rings (SSSR count). The minimum Gasteiger partial charge on any atom is -0.341 e. The first kappa shape index (κ1) is 16.1. The van der Waals surface area contributed by atoms with E-state index in [2.05, 4.69) is 10.2 Å². The Labute approximate surface area is 137 Å². The predicted octanol–water partition coefficient (Wildman–Crippen LogP) is 1.01. The van der Waals surface area contributed by atoms with Crippen LogP contribution in [-0.4, -0.2) is 67.3 Å². The molecule has 23 heavy (non-hydrogen) atoms. The van der Waals surface area contributed by atoms with Crippen molar-refractivity contribution in [1.29, 1.82) is 0 Å². The number of benzene rings is 1. The molecular weight excluding hydrogens is 290 g/mol. The Balaban J connectivity index is 1.56. The summed E-state index contributed by atoms with van der Waals surface area (Å²) in [7, 11) is 2.01. The number of amides is 1. The van der Waals surface area contributed by atoms with Crippen molar-refractivity contribution in [2.45, 2.75) is 18.9 Å². The molecule has 0 aliphatic carbocycles. The number of hydrogen-bond donors (Lipinski definition) is 1. The van der Waals surface area contributed by atoms with Crippen molar-refractivity contribution in [2.24, 2.45) is 5.92 Å². The summed E-state index contributed by atoms with van der Waals surface area (Å²) in [5.74, 6) is 0.461. The number of Topliss-reactive ketones (excluding diaryl/α,β-unsaturated/α-hetero) is 1. The highest BCUT2D eigenvalue weighted by Gasteiger charge is 2.33. The molecule has 1 amide bonds. The zero-order valence-corrected chi connectivity index (χ0v) is 13.7. The van der Waals surface area contributed by atoms with Gasteiger partial charge in [0.1, 0.15) is 6.04 Å². The zero-order valence-electron chi connectivity index (χ0n) is 13.7. The Bertz CT molecular complexity index is 553. The van der Waals surface area contributed by atoms with Crippen LogP contribution >= 0.6 is 0 Å². The molecule has 2 fully saturated rings. The minimum atomic E-state index is -0.0647. The molecule has 0 bridgehead atoms. The van der Waals surface area contributed by atoms with E-state index in [4.69, 9.17) is 0 Å². The van der Waals surface area contributed by atoms with Crippen molar-refractivity contribution in [3.63, 3.8) is 0 Å². The molecule has 5 heteroatoms. The molecule has 0 aromatic heterocycles. The van der Waals surface area contributed by atoms with Gasteiger partial charge in [-0.15, -0.1) is 0 Å². The maximum Gasteiger partial charge on any atom is 0.241 e. The largest absolute Gasteiger partial charge is 0.341 e. The van der Waals surface area contributed by atoms with Crippen LogP contribution in [0.4, 0.5) is 0 Å². The van der Waals surface area contributed by atoms with Crippen molar-refractivity contribution in [3.8, 4) is 0 Å². The van der Waals surface area contributed by atoms with Gasteiger partial charge in [0, 0.05) is 44.2 Å². The van der Waals surface area contributed by atoms with E-state index in [9.17, 15) is 9.59 Å². The summed E-state index contributed by atoms with van der Waals surface area (Å²) in [5, 5.41) is 3.29. The lowest BCUT2D eigenvalue weighted by atomic mass is 9.88. The smallest absolute Gasteiger partial charge is 0.241 e. The van der Waals surface area contributed by atoms with Gasteiger partial charge in [0.15, 0.2) is 5.78 Å². The summed E-state index contributed by atoms with van der Waals surface area (Å²) in [4.78, 5) is 29.2. The van der Waals surface area contributed by atoms with E-state index in [1.54, 1.807) is 0 Å². The van der Waals surface area contributed by atoms with Crippen molar-refractivity contribution >= 4 is 11.7 Å². The van der Waals surface area contributed by atoms with E-state index < -0.39 is 0 Å². The fraction of sp³-hybridized carbons (Fsp3) is 0.556. The number of hydrogen-bond acceptors (Lipinski definition) is 4. The number of nitrogens with zero attached hydrogens (tertiary/aromatic N) is 2. The molecule has 2 heterocycles. The van der Waals surface area contributed by atoms with Crippen LogP contribution in [0.25, 0.3) is 0 Å². The van der Waals surface area contributed by atoms with Crippen LogP contribution in [0.3, 0.4) is 0 Å². The summed E-state index contributed by atoms with van der Waals surface area (Å²) in [5.41, 5.74) is 0.786. The van der Waals surface area contributed by atoms with E-state index in [0.29, 0.717) is 13.1 Å². The van der Waals surface area contributed by atoms with Crippen LogP contribution in [0.1, 0.15) is 23.2 Å². The second-order valence-electron chi connectivity index (χ2n) is 6.53. The zero-order chi connectivity index (χ0) is 16.2. The Morgan fingerprint density at radius 3 is 2.43 bits per heavy atom. The van der Waals surface area contributed by atoms with Crippen LogP contribution in [0.2, 0.25) is 0 Å². The highest BCUT2D eigenvalue weighted by molar-refractivity contribution is 5.98. The molecule has 0 spiro atoms. The number of rotatable bonds is 3. The minimum absolute atomic E-state index is 0.0451. The predicted molar refractivity (Wildman–Crippen MR) is 89.4 cm³/mol. The maximum atomic E-state index is 12.7. The first-order chi connectivity index (χ1) is 11.2. The van der Waals surface area contributed by atoms with Crippen molar-refractivity contribution in [2.75, 3.05) is 39.8 Å². The van der Waals surface area contributed by atoms with Gasteiger partial charge in [-0.2, -0.15) is 0 Å². The Kier molecular flexibility index (Phi) is 5.08. The van der Waals surface area contributed by atoms with E-state index >= 15 is 0 Å². The molecule has 124 valence electrons. The van der Waals surface area contributed by atoms with E-state index in [0.717, 1.165) is 38.0 Å². The molecule has 2 saturated heterocycles. The number of carbonyl (C=O) groups is 2. The summed E-state index contributed by atoms with van der Waals surface area (Å²) < 4.78 is 0. The number of likely N-dealkylation sites (N-methyl/N-ethyl adjacent to an activating group) is 1. The third-order valence-electron chi connectivity index (χ3n) is 5.03. The van der Waals surface area contributed by atoms with Gasteiger partial charge in [-0.05, 0) is 19.9 Å². The van der Waals surface area contributed by atoms with E-state index in [1.165, 1.54) is 0 Å². The van der Waals surface area contributed by atoms with Gasteiger partial charge < -0.3 is 10.2 Å². The molecule has 0 radical (unpaired) electrons. The molecule has 1 atom stereocenters. The van der Waals surface area contributed by atoms with Crippen molar-refractivity contribution in [1.82, 2.24) is 15.1 Å². The van der Waals surface area contributed by atoms with Crippen LogP contribution in [0.15, 0.2) is 30.3 Å². The second kappa shape index (κ2) is 7.23. The molecule has 1 aromatic carbocycles. The van der Waals surface area contributed by atoms with Crippen LogP contribution in [0.5, 0.6) is 0 Å². The lowest BCUT2D eigenvalue weighted by molar-refractivity contribution is -0.138. The second-order valence-corrected chi connectivity index (χ2v) is 6.53. The van der Waals surface area contributed by atoms with Gasteiger partial charge in [-0.1, -0.05) is 30.3 Å². The van der Waals surface area contributed by atoms with Gasteiger partial charge in [-0.3, -0.25) is 14.5 Å². The SMILES string of the molecule is CN1CCNCC1C(=O)N1CCC(C(=O)c2ccccc2)CC1. The monoisotopic (exact) mass is 315 g/mol. The van der Waals surface area contributed by atoms with Crippen molar-refractivity contribution < 1.29 is 9.59 Å². The molecule has 1 aromatic rings. The van der Waals surface area contributed by atoms with Gasteiger partial charge in [0.05, 0.1) is 0 Å². The highest BCUT2D eigenvalue weighted by Crippen LogP contribution is 2.22. The van der Waals surface area contributed by atoms with Crippen LogP contribution in [-0.2, 0) is 4.79 Å². The number of ketones is 1. The van der Waals surface area contributed by atoms with E-state index in [-0.39, 0.29) is 23.7 Å². The fourth-order valence-corrected chi connectivity index (χ4v) is 3.49. The van der Waals surface area contributed by atoms with Gasteiger partial charge in [0.25, 0.3) is 0 Å². The lowest BCUT2D eigenvalue weighted by Gasteiger charge is -2.38.